The van der Waals surface area contributed by atoms with Gasteiger partial charge in [-0.25, -0.2) is 4.79 Å². The maximum atomic E-state index is 12.7. The van der Waals surface area contributed by atoms with Crippen molar-refractivity contribution in [2.45, 2.75) is 20.0 Å². The summed E-state index contributed by atoms with van der Waals surface area (Å²) in [5.74, 6) is 1.25. The number of hydrogen-bond donors (Lipinski definition) is 0. The SMILES string of the molecule is COc1ccc(-n2nc3n(c2=O)CCN(C(=O)c2ccc(C)cc2)C3)cc1. The Hall–Kier alpha value is -3.35. The third-order valence-electron chi connectivity index (χ3n) is 4.77. The number of carbonyl (C=O) groups is 1. The molecule has 2 heterocycles. The highest BCUT2D eigenvalue weighted by molar-refractivity contribution is 5.94. The van der Waals surface area contributed by atoms with Gasteiger partial charge in [-0.3, -0.25) is 9.36 Å². The van der Waals surface area contributed by atoms with Crippen LogP contribution in [0.4, 0.5) is 0 Å². The number of fused-ring (bicyclic) bond motifs is 1. The summed E-state index contributed by atoms with van der Waals surface area (Å²) >= 11 is 0. The summed E-state index contributed by atoms with van der Waals surface area (Å²) in [4.78, 5) is 27.2. The second kappa shape index (κ2) is 6.75. The van der Waals surface area contributed by atoms with Gasteiger partial charge in [-0.15, -0.1) is 5.10 Å². The molecule has 7 heteroatoms. The van der Waals surface area contributed by atoms with E-state index in [0.29, 0.717) is 42.5 Å². The Labute approximate surface area is 156 Å². The minimum Gasteiger partial charge on any atom is -0.497 e. The number of aromatic nitrogens is 3. The molecule has 0 fully saturated rings. The van der Waals surface area contributed by atoms with Gasteiger partial charge >= 0.3 is 5.69 Å². The predicted molar refractivity (Wildman–Crippen MR) is 100 cm³/mol. The third kappa shape index (κ3) is 3.12. The second-order valence-corrected chi connectivity index (χ2v) is 6.55. The number of benzene rings is 2. The zero-order valence-corrected chi connectivity index (χ0v) is 15.3. The minimum absolute atomic E-state index is 0.0484. The Kier molecular flexibility index (Phi) is 4.27. The van der Waals surface area contributed by atoms with E-state index in [2.05, 4.69) is 5.10 Å². The largest absolute Gasteiger partial charge is 0.497 e. The average Bonchev–Trinajstić information content (AvgIpc) is 3.04. The fraction of sp³-hybridized carbons (Fsp3) is 0.250. The van der Waals surface area contributed by atoms with Crippen LogP contribution in [0.1, 0.15) is 21.7 Å². The van der Waals surface area contributed by atoms with Gasteiger partial charge in [-0.1, -0.05) is 17.7 Å². The summed E-state index contributed by atoms with van der Waals surface area (Å²) in [6.07, 6.45) is 0. The van der Waals surface area contributed by atoms with E-state index in [1.807, 2.05) is 31.2 Å². The molecule has 0 unspecified atom stereocenters. The lowest BCUT2D eigenvalue weighted by molar-refractivity contribution is 0.0706. The van der Waals surface area contributed by atoms with Crippen molar-refractivity contribution in [3.63, 3.8) is 0 Å². The summed E-state index contributed by atoms with van der Waals surface area (Å²) < 4.78 is 8.15. The normalized spacial score (nSPS) is 13.3. The van der Waals surface area contributed by atoms with Crippen molar-refractivity contribution in [3.8, 4) is 11.4 Å². The monoisotopic (exact) mass is 364 g/mol. The van der Waals surface area contributed by atoms with Crippen LogP contribution in [0.15, 0.2) is 53.3 Å². The topological polar surface area (TPSA) is 69.4 Å². The van der Waals surface area contributed by atoms with Crippen LogP contribution in [-0.4, -0.2) is 38.8 Å². The van der Waals surface area contributed by atoms with Crippen molar-refractivity contribution in [1.82, 2.24) is 19.2 Å². The summed E-state index contributed by atoms with van der Waals surface area (Å²) in [6.45, 7) is 3.21. The Morgan fingerprint density at radius 2 is 1.74 bits per heavy atom. The molecule has 0 saturated carbocycles. The van der Waals surface area contributed by atoms with E-state index in [4.69, 9.17) is 4.74 Å². The van der Waals surface area contributed by atoms with Gasteiger partial charge in [0.1, 0.15) is 5.75 Å². The van der Waals surface area contributed by atoms with Crippen molar-refractivity contribution in [2.24, 2.45) is 0 Å². The van der Waals surface area contributed by atoms with Crippen molar-refractivity contribution < 1.29 is 9.53 Å². The molecule has 0 saturated heterocycles. The third-order valence-corrected chi connectivity index (χ3v) is 4.77. The molecule has 7 nitrogen and oxygen atoms in total. The van der Waals surface area contributed by atoms with Gasteiger partial charge in [0.25, 0.3) is 5.91 Å². The maximum Gasteiger partial charge on any atom is 0.350 e. The molecule has 1 amide bonds. The van der Waals surface area contributed by atoms with Crippen LogP contribution in [0, 0.1) is 6.92 Å². The van der Waals surface area contributed by atoms with Crippen LogP contribution < -0.4 is 10.4 Å². The molecule has 27 heavy (non-hydrogen) atoms. The molecule has 3 aromatic rings. The van der Waals surface area contributed by atoms with E-state index in [-0.39, 0.29) is 11.6 Å². The van der Waals surface area contributed by atoms with Gasteiger partial charge in [-0.2, -0.15) is 4.68 Å². The molecule has 138 valence electrons. The van der Waals surface area contributed by atoms with Crippen molar-refractivity contribution in [2.75, 3.05) is 13.7 Å². The Morgan fingerprint density at radius 3 is 2.41 bits per heavy atom. The first-order chi connectivity index (χ1) is 13.1. The van der Waals surface area contributed by atoms with Crippen LogP contribution in [0.2, 0.25) is 0 Å². The molecule has 2 aromatic carbocycles. The summed E-state index contributed by atoms with van der Waals surface area (Å²) in [6, 6.07) is 14.6. The Balaban J connectivity index is 1.60. The lowest BCUT2D eigenvalue weighted by Gasteiger charge is -2.26. The van der Waals surface area contributed by atoms with E-state index in [1.165, 1.54) is 4.68 Å². The van der Waals surface area contributed by atoms with E-state index in [0.717, 1.165) is 5.56 Å². The number of carbonyl (C=O) groups excluding carboxylic acids is 1. The zero-order valence-electron chi connectivity index (χ0n) is 15.3. The lowest BCUT2D eigenvalue weighted by atomic mass is 10.1. The van der Waals surface area contributed by atoms with Crippen LogP contribution in [0.3, 0.4) is 0 Å². The van der Waals surface area contributed by atoms with Crippen LogP contribution >= 0.6 is 0 Å². The quantitative estimate of drug-likeness (QED) is 0.713. The smallest absolute Gasteiger partial charge is 0.350 e. The Morgan fingerprint density at radius 1 is 1.04 bits per heavy atom. The minimum atomic E-state index is -0.197. The summed E-state index contributed by atoms with van der Waals surface area (Å²) in [7, 11) is 1.59. The fourth-order valence-electron chi connectivity index (χ4n) is 3.19. The number of nitrogens with zero attached hydrogens (tertiary/aromatic N) is 4. The number of methoxy groups -OCH3 is 1. The molecule has 1 aliphatic heterocycles. The number of hydrogen-bond acceptors (Lipinski definition) is 4. The molecule has 0 spiro atoms. The first-order valence-electron chi connectivity index (χ1n) is 8.76. The highest BCUT2D eigenvalue weighted by Gasteiger charge is 2.26. The van der Waals surface area contributed by atoms with E-state index >= 15 is 0 Å². The van der Waals surface area contributed by atoms with E-state index in [1.54, 1.807) is 40.8 Å². The van der Waals surface area contributed by atoms with Gasteiger partial charge in [0.15, 0.2) is 5.82 Å². The molecular formula is C20H20N4O3. The molecule has 0 N–H and O–H groups in total. The van der Waals surface area contributed by atoms with E-state index < -0.39 is 0 Å². The van der Waals surface area contributed by atoms with Crippen molar-refractivity contribution in [1.29, 1.82) is 0 Å². The summed E-state index contributed by atoms with van der Waals surface area (Å²) in [5, 5.41) is 4.45. The lowest BCUT2D eigenvalue weighted by Crippen LogP contribution is -2.40. The predicted octanol–water partition coefficient (Wildman–Crippen LogP) is 2.01. The number of rotatable bonds is 3. The highest BCUT2D eigenvalue weighted by atomic mass is 16.5. The molecule has 1 aromatic heterocycles. The molecule has 0 bridgehead atoms. The van der Waals surface area contributed by atoms with Gasteiger partial charge < -0.3 is 9.64 Å². The average molecular weight is 364 g/mol. The Bertz CT molecular complexity index is 1030. The molecule has 0 radical (unpaired) electrons. The first kappa shape index (κ1) is 17.1. The highest BCUT2D eigenvalue weighted by Crippen LogP contribution is 2.16. The molecule has 0 aliphatic carbocycles. The fourth-order valence-corrected chi connectivity index (χ4v) is 3.19. The van der Waals surface area contributed by atoms with E-state index in [9.17, 15) is 9.59 Å². The van der Waals surface area contributed by atoms with Gasteiger partial charge in [0, 0.05) is 18.7 Å². The first-order valence-corrected chi connectivity index (χ1v) is 8.76. The van der Waals surface area contributed by atoms with Crippen LogP contribution in [0.25, 0.3) is 5.69 Å². The molecule has 0 atom stereocenters. The number of ether oxygens (including phenoxy) is 1. The van der Waals surface area contributed by atoms with Gasteiger partial charge in [-0.05, 0) is 43.3 Å². The second-order valence-electron chi connectivity index (χ2n) is 6.55. The number of aryl methyl sites for hydroxylation is 1. The molecular weight excluding hydrogens is 344 g/mol. The molecule has 4 rings (SSSR count). The number of amides is 1. The van der Waals surface area contributed by atoms with Gasteiger partial charge in [0.2, 0.25) is 0 Å². The van der Waals surface area contributed by atoms with Crippen molar-refractivity contribution in [3.05, 3.63) is 76.0 Å². The zero-order chi connectivity index (χ0) is 19.0. The van der Waals surface area contributed by atoms with Crippen molar-refractivity contribution >= 4 is 5.91 Å². The van der Waals surface area contributed by atoms with Crippen LogP contribution in [0.5, 0.6) is 5.75 Å². The summed E-state index contributed by atoms with van der Waals surface area (Å²) in [5.41, 5.74) is 2.22. The standard InChI is InChI=1S/C20H20N4O3/c1-14-3-5-15(6-4-14)19(25)22-11-12-23-18(13-22)21-24(20(23)26)16-7-9-17(27-2)10-8-16/h3-10H,11-13H2,1-2H3. The maximum absolute atomic E-state index is 12.7. The van der Waals surface area contributed by atoms with Gasteiger partial charge in [0.05, 0.1) is 19.3 Å². The molecule has 1 aliphatic rings. The van der Waals surface area contributed by atoms with Crippen LogP contribution in [-0.2, 0) is 13.1 Å².